The number of hydrogen-bond donors (Lipinski definition) is 1. The zero-order chi connectivity index (χ0) is 15.6. The van der Waals surface area contributed by atoms with Crippen molar-refractivity contribution in [3.8, 4) is 0 Å². The first-order valence-electron chi connectivity index (χ1n) is 6.78. The van der Waals surface area contributed by atoms with Gasteiger partial charge >= 0.3 is 0 Å². The number of Topliss-reactive ketones (excluding diaryl/α,β-unsaturated/α-hetero) is 1. The molecule has 0 unspecified atom stereocenters. The van der Waals surface area contributed by atoms with E-state index in [0.717, 1.165) is 16.7 Å². The van der Waals surface area contributed by atoms with Crippen LogP contribution in [0.4, 0.5) is 0 Å². The number of hydrogen-bond acceptors (Lipinski definition) is 2. The van der Waals surface area contributed by atoms with Crippen LogP contribution in [0.25, 0.3) is 0 Å². The summed E-state index contributed by atoms with van der Waals surface area (Å²) in [5.41, 5.74) is 9.59. The highest BCUT2D eigenvalue weighted by molar-refractivity contribution is 5.97. The Hall–Kier alpha value is -2.49. The third-order valence-electron chi connectivity index (χ3n) is 3.61. The predicted octanol–water partition coefficient (Wildman–Crippen LogP) is 1.88. The maximum atomic E-state index is 12.4. The molecule has 0 aliphatic heterocycles. The fraction of sp³-hybridized carbons (Fsp3) is 0.235. The van der Waals surface area contributed by atoms with Crippen LogP contribution in [-0.4, -0.2) is 11.7 Å². The number of nitrogens with two attached hydrogens (primary N) is 1. The molecule has 2 rings (SSSR count). The minimum atomic E-state index is -0.501. The van der Waals surface area contributed by atoms with E-state index >= 15 is 0 Å². The third-order valence-corrected chi connectivity index (χ3v) is 3.61. The Bertz CT molecular complexity index is 721. The molecule has 108 valence electrons. The Kier molecular flexibility index (Phi) is 4.17. The highest BCUT2D eigenvalue weighted by atomic mass is 16.1. The first-order valence-corrected chi connectivity index (χ1v) is 6.78. The number of nitrogens with zero attached hydrogens (tertiary/aromatic N) is 1. The Morgan fingerprint density at radius 3 is 2.43 bits per heavy atom. The zero-order valence-electron chi connectivity index (χ0n) is 12.5. The van der Waals surface area contributed by atoms with E-state index in [1.165, 1.54) is 5.56 Å². The summed E-state index contributed by atoms with van der Waals surface area (Å²) in [5.74, 6) is -0.485. The first-order chi connectivity index (χ1) is 9.88. The van der Waals surface area contributed by atoms with Gasteiger partial charge in [-0.05, 0) is 49.6 Å². The number of benzene rings is 1. The molecule has 1 heterocycles. The van der Waals surface area contributed by atoms with Crippen LogP contribution in [0.2, 0.25) is 0 Å². The van der Waals surface area contributed by atoms with Crippen LogP contribution in [-0.2, 0) is 6.54 Å². The van der Waals surface area contributed by atoms with Crippen molar-refractivity contribution in [3.05, 3.63) is 64.5 Å². The second-order valence-corrected chi connectivity index (χ2v) is 5.30. The largest absolute Gasteiger partial charge is 0.365 e. The van der Waals surface area contributed by atoms with Gasteiger partial charge in [0.15, 0.2) is 12.4 Å². The van der Waals surface area contributed by atoms with Crippen LogP contribution < -0.4 is 10.3 Å². The van der Waals surface area contributed by atoms with Gasteiger partial charge in [-0.15, -0.1) is 0 Å². The van der Waals surface area contributed by atoms with Gasteiger partial charge in [-0.25, -0.2) is 0 Å². The maximum Gasteiger partial charge on any atom is 0.254 e. The van der Waals surface area contributed by atoms with Crippen LogP contribution in [0.15, 0.2) is 36.7 Å². The standard InChI is InChI=1S/C17H18N2O2/c1-11-7-13(3)15(8-12(11)2)16(20)10-19-6-4-5-14(9-19)17(18)21/h4-9H,10H2,1-3H3,(H-,18,21)/p+1. The Morgan fingerprint density at radius 1 is 1.10 bits per heavy atom. The van der Waals surface area contributed by atoms with Gasteiger partial charge in [-0.3, -0.25) is 9.59 Å². The maximum absolute atomic E-state index is 12.4. The van der Waals surface area contributed by atoms with Crippen molar-refractivity contribution in [1.29, 1.82) is 0 Å². The molecule has 0 bridgehead atoms. The van der Waals surface area contributed by atoms with Gasteiger partial charge in [0.2, 0.25) is 12.3 Å². The SMILES string of the molecule is Cc1cc(C)c(C(=O)C[n+]2cccc(C(N)=O)c2)cc1C. The number of aryl methyl sites for hydroxylation is 3. The molecule has 4 heteroatoms. The van der Waals surface area contributed by atoms with Crippen molar-refractivity contribution in [2.45, 2.75) is 27.3 Å². The molecule has 0 spiro atoms. The van der Waals surface area contributed by atoms with Crippen molar-refractivity contribution in [3.63, 3.8) is 0 Å². The lowest BCUT2D eigenvalue weighted by Crippen LogP contribution is -2.38. The molecule has 0 radical (unpaired) electrons. The highest BCUT2D eigenvalue weighted by Crippen LogP contribution is 2.15. The summed E-state index contributed by atoms with van der Waals surface area (Å²) >= 11 is 0. The smallest absolute Gasteiger partial charge is 0.254 e. The fourth-order valence-electron chi connectivity index (χ4n) is 2.28. The number of carbonyl (C=O) groups is 2. The van der Waals surface area contributed by atoms with Crippen molar-refractivity contribution in [2.75, 3.05) is 0 Å². The van der Waals surface area contributed by atoms with Gasteiger partial charge in [0.25, 0.3) is 5.91 Å². The average molecular weight is 283 g/mol. The van der Waals surface area contributed by atoms with Crippen molar-refractivity contribution in [1.82, 2.24) is 0 Å². The van der Waals surface area contributed by atoms with Crippen molar-refractivity contribution >= 4 is 11.7 Å². The molecule has 2 N–H and O–H groups in total. The number of ketones is 1. The highest BCUT2D eigenvalue weighted by Gasteiger charge is 2.16. The van der Waals surface area contributed by atoms with Crippen LogP contribution in [0.5, 0.6) is 0 Å². The molecule has 2 aromatic rings. The summed E-state index contributed by atoms with van der Waals surface area (Å²) in [6, 6.07) is 7.28. The van der Waals surface area contributed by atoms with E-state index in [1.807, 2.05) is 32.9 Å². The molecule has 1 aromatic carbocycles. The van der Waals surface area contributed by atoms with E-state index in [9.17, 15) is 9.59 Å². The van der Waals surface area contributed by atoms with Gasteiger partial charge in [0, 0.05) is 11.6 Å². The van der Waals surface area contributed by atoms with E-state index in [2.05, 4.69) is 0 Å². The second kappa shape index (κ2) is 5.87. The molecule has 0 atom stereocenters. The van der Waals surface area contributed by atoms with Crippen molar-refractivity contribution < 1.29 is 14.2 Å². The van der Waals surface area contributed by atoms with E-state index < -0.39 is 5.91 Å². The summed E-state index contributed by atoms with van der Waals surface area (Å²) in [6.07, 6.45) is 3.34. The lowest BCUT2D eigenvalue weighted by molar-refractivity contribution is -0.683. The molecule has 1 amide bonds. The molecule has 0 fully saturated rings. The Labute approximate surface area is 124 Å². The number of amides is 1. The van der Waals surface area contributed by atoms with Crippen LogP contribution in [0, 0.1) is 20.8 Å². The van der Waals surface area contributed by atoms with E-state index in [-0.39, 0.29) is 12.3 Å². The molecule has 0 saturated carbocycles. The summed E-state index contributed by atoms with van der Waals surface area (Å²) in [7, 11) is 0. The molecular weight excluding hydrogens is 264 g/mol. The van der Waals surface area contributed by atoms with E-state index in [1.54, 1.807) is 29.1 Å². The fourth-order valence-corrected chi connectivity index (χ4v) is 2.28. The zero-order valence-corrected chi connectivity index (χ0v) is 12.5. The Balaban J connectivity index is 2.28. The summed E-state index contributed by atoms with van der Waals surface area (Å²) in [5, 5.41) is 0. The number of pyridine rings is 1. The quantitative estimate of drug-likeness (QED) is 0.688. The molecule has 0 aliphatic rings. The minimum Gasteiger partial charge on any atom is -0.365 e. The molecule has 21 heavy (non-hydrogen) atoms. The van der Waals surface area contributed by atoms with Crippen LogP contribution >= 0.6 is 0 Å². The monoisotopic (exact) mass is 283 g/mol. The van der Waals surface area contributed by atoms with E-state index in [0.29, 0.717) is 5.56 Å². The number of rotatable bonds is 4. The normalized spacial score (nSPS) is 10.4. The van der Waals surface area contributed by atoms with Gasteiger partial charge in [0.05, 0.1) is 0 Å². The van der Waals surface area contributed by atoms with E-state index in [4.69, 9.17) is 5.73 Å². The van der Waals surface area contributed by atoms with Gasteiger partial charge in [-0.2, -0.15) is 4.57 Å². The van der Waals surface area contributed by atoms with Crippen LogP contribution in [0.3, 0.4) is 0 Å². The van der Waals surface area contributed by atoms with Crippen molar-refractivity contribution in [2.24, 2.45) is 5.73 Å². The average Bonchev–Trinajstić information content (AvgIpc) is 2.43. The Morgan fingerprint density at radius 2 is 1.76 bits per heavy atom. The molecule has 1 aromatic heterocycles. The second-order valence-electron chi connectivity index (χ2n) is 5.30. The van der Waals surface area contributed by atoms with Gasteiger partial charge in [-0.1, -0.05) is 6.07 Å². The minimum absolute atomic E-state index is 0.0159. The predicted molar refractivity (Wildman–Crippen MR) is 80.1 cm³/mol. The third kappa shape index (κ3) is 3.34. The topological polar surface area (TPSA) is 64.0 Å². The van der Waals surface area contributed by atoms with Gasteiger partial charge < -0.3 is 5.73 Å². The van der Waals surface area contributed by atoms with Crippen LogP contribution in [0.1, 0.15) is 37.4 Å². The molecule has 0 saturated heterocycles. The number of primary amides is 1. The lowest BCUT2D eigenvalue weighted by Gasteiger charge is -2.07. The lowest BCUT2D eigenvalue weighted by atomic mass is 9.98. The van der Waals surface area contributed by atoms with Gasteiger partial charge in [0.1, 0.15) is 5.56 Å². The molecule has 4 nitrogen and oxygen atoms in total. The number of aromatic nitrogens is 1. The summed E-state index contributed by atoms with van der Waals surface area (Å²) in [4.78, 5) is 23.6. The molecule has 0 aliphatic carbocycles. The first kappa shape index (κ1) is 14.9. The summed E-state index contributed by atoms with van der Waals surface area (Å²) in [6.45, 7) is 6.14. The number of carbonyl (C=O) groups excluding carboxylic acids is 2. The molecular formula is C17H19N2O2+. The summed E-state index contributed by atoms with van der Waals surface area (Å²) < 4.78 is 1.68.